The van der Waals surface area contributed by atoms with Crippen molar-refractivity contribution in [2.45, 2.75) is 26.2 Å². The summed E-state index contributed by atoms with van der Waals surface area (Å²) in [6.45, 7) is 1.87. The highest BCUT2D eigenvalue weighted by Crippen LogP contribution is 2.31. The number of aryl methyl sites for hydroxylation is 2. The molecule has 1 aliphatic heterocycles. The van der Waals surface area contributed by atoms with Crippen LogP contribution in [0.4, 0.5) is 11.6 Å². The van der Waals surface area contributed by atoms with Crippen LogP contribution in [0.1, 0.15) is 24.5 Å². The second kappa shape index (κ2) is 6.24. The van der Waals surface area contributed by atoms with Crippen molar-refractivity contribution in [1.82, 2.24) is 9.78 Å². The number of rotatable bonds is 4. The van der Waals surface area contributed by atoms with E-state index in [4.69, 9.17) is 0 Å². The number of fused-ring (bicyclic) bond motifs is 1. The molecule has 2 amide bonds. The van der Waals surface area contributed by atoms with E-state index in [0.29, 0.717) is 30.9 Å². The number of hydrogen-bond acceptors (Lipinski definition) is 3. The summed E-state index contributed by atoms with van der Waals surface area (Å²) in [5.41, 5.74) is 2.03. The molecule has 1 aromatic carbocycles. The maximum absolute atomic E-state index is 12.2. The number of nitrogens with one attached hydrogen (secondary N) is 2. The molecule has 2 heterocycles. The van der Waals surface area contributed by atoms with Crippen LogP contribution < -0.4 is 10.6 Å². The summed E-state index contributed by atoms with van der Waals surface area (Å²) in [7, 11) is 1.76. The molecule has 1 atom stereocenters. The lowest BCUT2D eigenvalue weighted by Gasteiger charge is -2.19. The third-order valence-electron chi connectivity index (χ3n) is 4.09. The Morgan fingerprint density at radius 3 is 2.87 bits per heavy atom. The van der Waals surface area contributed by atoms with Crippen molar-refractivity contribution in [3.05, 3.63) is 41.5 Å². The van der Waals surface area contributed by atoms with Crippen molar-refractivity contribution in [3.63, 3.8) is 0 Å². The molecule has 0 aliphatic carbocycles. The fourth-order valence-electron chi connectivity index (χ4n) is 2.75. The minimum atomic E-state index is -0.119. The fourth-order valence-corrected chi connectivity index (χ4v) is 2.75. The van der Waals surface area contributed by atoms with Gasteiger partial charge in [-0.15, -0.1) is 0 Å². The second-order valence-electron chi connectivity index (χ2n) is 5.93. The van der Waals surface area contributed by atoms with Gasteiger partial charge in [0, 0.05) is 24.9 Å². The van der Waals surface area contributed by atoms with Crippen LogP contribution in [0.3, 0.4) is 0 Å². The van der Waals surface area contributed by atoms with E-state index in [2.05, 4.69) is 15.7 Å². The second-order valence-corrected chi connectivity index (χ2v) is 5.93. The maximum atomic E-state index is 12.2. The highest BCUT2D eigenvalue weighted by molar-refractivity contribution is 5.97. The van der Waals surface area contributed by atoms with Crippen LogP contribution in [0.5, 0.6) is 0 Å². The van der Waals surface area contributed by atoms with Crippen molar-refractivity contribution >= 4 is 23.5 Å². The Labute approximate surface area is 134 Å². The van der Waals surface area contributed by atoms with E-state index in [0.717, 1.165) is 11.1 Å². The van der Waals surface area contributed by atoms with E-state index in [1.165, 1.54) is 0 Å². The minimum absolute atomic E-state index is 0.0116. The highest BCUT2D eigenvalue weighted by atomic mass is 16.2. The third-order valence-corrected chi connectivity index (χ3v) is 4.09. The average molecular weight is 312 g/mol. The zero-order valence-corrected chi connectivity index (χ0v) is 13.3. The molecule has 1 aromatic heterocycles. The number of carbonyl (C=O) groups is 2. The first-order valence-corrected chi connectivity index (χ1v) is 7.75. The molecule has 23 heavy (non-hydrogen) atoms. The van der Waals surface area contributed by atoms with Crippen molar-refractivity contribution in [3.8, 4) is 0 Å². The minimum Gasteiger partial charge on any atom is -0.310 e. The average Bonchev–Trinajstić information content (AvgIpc) is 2.82. The van der Waals surface area contributed by atoms with Gasteiger partial charge in [0.25, 0.3) is 0 Å². The lowest BCUT2D eigenvalue weighted by atomic mass is 9.98. The molecule has 0 fully saturated rings. The number of nitrogens with zero attached hydrogens (tertiary/aromatic N) is 2. The van der Waals surface area contributed by atoms with Crippen LogP contribution >= 0.6 is 0 Å². The first kappa shape index (κ1) is 15.3. The normalized spacial score (nSPS) is 16.6. The summed E-state index contributed by atoms with van der Waals surface area (Å²) in [6.07, 6.45) is 1.68. The van der Waals surface area contributed by atoms with E-state index < -0.39 is 0 Å². The summed E-state index contributed by atoms with van der Waals surface area (Å²) >= 11 is 0. The maximum Gasteiger partial charge on any atom is 0.228 e. The quantitative estimate of drug-likeness (QED) is 0.908. The lowest BCUT2D eigenvalue weighted by Crippen LogP contribution is -2.28. The summed E-state index contributed by atoms with van der Waals surface area (Å²) in [5.74, 6) is 1.02. The molecule has 1 aliphatic rings. The first-order valence-electron chi connectivity index (χ1n) is 7.75. The molecule has 6 nitrogen and oxygen atoms in total. The van der Waals surface area contributed by atoms with Crippen LogP contribution in [-0.4, -0.2) is 21.6 Å². The van der Waals surface area contributed by atoms with Gasteiger partial charge in [0.2, 0.25) is 11.8 Å². The predicted molar refractivity (Wildman–Crippen MR) is 88.1 cm³/mol. The first-order chi connectivity index (χ1) is 11.0. The molecule has 2 aromatic rings. The Bertz CT molecular complexity index is 737. The van der Waals surface area contributed by atoms with E-state index in [9.17, 15) is 9.59 Å². The zero-order valence-electron chi connectivity index (χ0n) is 13.3. The molecule has 120 valence electrons. The van der Waals surface area contributed by atoms with Gasteiger partial charge in [0.05, 0.1) is 0 Å². The summed E-state index contributed by atoms with van der Waals surface area (Å²) < 4.78 is 1.60. The van der Waals surface area contributed by atoms with Crippen molar-refractivity contribution < 1.29 is 9.59 Å². The molecule has 0 radical (unpaired) electrons. The van der Waals surface area contributed by atoms with Crippen LogP contribution in [0.25, 0.3) is 0 Å². The van der Waals surface area contributed by atoms with Crippen LogP contribution in [0.15, 0.2) is 30.3 Å². The SMILES string of the molecule is CC1Cc2c(NC(=O)CCc3ccccc3)nn(C)c2NC1=O. The van der Waals surface area contributed by atoms with Gasteiger partial charge in [-0.25, -0.2) is 0 Å². The number of anilines is 2. The van der Waals surface area contributed by atoms with Crippen LogP contribution in [-0.2, 0) is 29.5 Å². The molecule has 3 rings (SSSR count). The molecule has 1 unspecified atom stereocenters. The Balaban J connectivity index is 1.68. The van der Waals surface area contributed by atoms with Crippen molar-refractivity contribution in [2.24, 2.45) is 13.0 Å². The number of hydrogen-bond donors (Lipinski definition) is 2. The molecular weight excluding hydrogens is 292 g/mol. The molecule has 0 saturated carbocycles. The van der Waals surface area contributed by atoms with Gasteiger partial charge < -0.3 is 10.6 Å². The fraction of sp³-hybridized carbons (Fsp3) is 0.353. The Kier molecular flexibility index (Phi) is 4.14. The molecular formula is C17H20N4O2. The standard InChI is InChI=1S/C17H20N4O2/c1-11-10-13-15(20-21(2)16(13)19-17(11)23)18-14(22)9-8-12-6-4-3-5-7-12/h3-7,11H,8-10H2,1-2H3,(H,19,23)(H,18,20,22). The Hall–Kier alpha value is -2.63. The summed E-state index contributed by atoms with van der Waals surface area (Å²) in [4.78, 5) is 23.9. The molecule has 0 saturated heterocycles. The van der Waals surface area contributed by atoms with Gasteiger partial charge in [-0.1, -0.05) is 37.3 Å². The number of aromatic nitrogens is 2. The van der Waals surface area contributed by atoms with Gasteiger partial charge >= 0.3 is 0 Å². The van der Waals surface area contributed by atoms with Crippen LogP contribution in [0, 0.1) is 5.92 Å². The van der Waals surface area contributed by atoms with Crippen molar-refractivity contribution in [1.29, 1.82) is 0 Å². The van der Waals surface area contributed by atoms with E-state index in [-0.39, 0.29) is 17.7 Å². The van der Waals surface area contributed by atoms with Gasteiger partial charge in [-0.05, 0) is 18.4 Å². The van der Waals surface area contributed by atoms with E-state index >= 15 is 0 Å². The van der Waals surface area contributed by atoms with E-state index in [1.54, 1.807) is 11.7 Å². The van der Waals surface area contributed by atoms with E-state index in [1.807, 2.05) is 37.3 Å². The summed E-state index contributed by atoms with van der Waals surface area (Å²) in [5, 5.41) is 10.0. The Morgan fingerprint density at radius 1 is 1.39 bits per heavy atom. The molecule has 0 spiro atoms. The zero-order chi connectivity index (χ0) is 16.4. The monoisotopic (exact) mass is 312 g/mol. The predicted octanol–water partition coefficient (Wildman–Crippen LogP) is 2.12. The third kappa shape index (κ3) is 3.26. The largest absolute Gasteiger partial charge is 0.310 e. The number of amides is 2. The van der Waals surface area contributed by atoms with Gasteiger partial charge in [0.1, 0.15) is 5.82 Å². The molecule has 2 N–H and O–H groups in total. The van der Waals surface area contributed by atoms with Gasteiger partial charge in [0.15, 0.2) is 5.82 Å². The molecule has 6 heteroatoms. The Morgan fingerprint density at radius 2 is 2.13 bits per heavy atom. The summed E-state index contributed by atoms with van der Waals surface area (Å²) in [6, 6.07) is 9.90. The smallest absolute Gasteiger partial charge is 0.228 e. The van der Waals surface area contributed by atoms with Crippen LogP contribution in [0.2, 0.25) is 0 Å². The molecule has 0 bridgehead atoms. The highest BCUT2D eigenvalue weighted by Gasteiger charge is 2.28. The topological polar surface area (TPSA) is 76.0 Å². The number of carbonyl (C=O) groups excluding carboxylic acids is 2. The van der Waals surface area contributed by atoms with Gasteiger partial charge in [-0.3, -0.25) is 14.3 Å². The number of benzene rings is 1. The lowest BCUT2D eigenvalue weighted by molar-refractivity contribution is -0.119. The van der Waals surface area contributed by atoms with Gasteiger partial charge in [-0.2, -0.15) is 5.10 Å². The van der Waals surface area contributed by atoms with Crippen molar-refractivity contribution in [2.75, 3.05) is 10.6 Å².